The van der Waals surface area contributed by atoms with Crippen LogP contribution in [0.15, 0.2) is 22.8 Å². The predicted octanol–water partition coefficient (Wildman–Crippen LogP) is 2.75. The fraction of sp³-hybridized carbons (Fsp3) is 0.667. The summed E-state index contributed by atoms with van der Waals surface area (Å²) in [6.07, 6.45) is 1.69. The van der Waals surface area contributed by atoms with Crippen molar-refractivity contribution in [2.24, 2.45) is 0 Å². The van der Waals surface area contributed by atoms with E-state index in [0.717, 1.165) is 12.3 Å². The summed E-state index contributed by atoms with van der Waals surface area (Å²) in [4.78, 5) is 0. The van der Waals surface area contributed by atoms with Crippen molar-refractivity contribution < 1.29 is 9.15 Å². The average Bonchev–Trinajstić information content (AvgIpc) is 2.63. The number of ether oxygens (including phenoxy) is 1. The molecule has 3 nitrogen and oxygen atoms in total. The van der Waals surface area contributed by atoms with Gasteiger partial charge in [0.1, 0.15) is 5.76 Å². The molecule has 1 heterocycles. The molecule has 1 atom stereocenters. The van der Waals surface area contributed by atoms with Crippen LogP contribution in [0, 0.1) is 0 Å². The number of hydrogen-bond acceptors (Lipinski definition) is 3. The van der Waals surface area contributed by atoms with Crippen molar-refractivity contribution in [1.82, 2.24) is 5.32 Å². The van der Waals surface area contributed by atoms with Gasteiger partial charge in [-0.1, -0.05) is 6.92 Å². The maximum absolute atomic E-state index is 5.75. The maximum atomic E-state index is 5.75. The van der Waals surface area contributed by atoms with Crippen molar-refractivity contribution in [3.05, 3.63) is 24.2 Å². The summed E-state index contributed by atoms with van der Waals surface area (Å²) in [6, 6.07) is 4.01. The molecule has 0 bridgehead atoms. The van der Waals surface area contributed by atoms with Crippen LogP contribution in [0.4, 0.5) is 0 Å². The Labute approximate surface area is 91.8 Å². The molecule has 1 rings (SSSR count). The van der Waals surface area contributed by atoms with Crippen molar-refractivity contribution in [3.8, 4) is 0 Å². The van der Waals surface area contributed by atoms with Gasteiger partial charge in [-0.15, -0.1) is 0 Å². The zero-order chi connectivity index (χ0) is 11.3. The Balaban J connectivity index is 2.52. The van der Waals surface area contributed by atoms with Gasteiger partial charge in [0.2, 0.25) is 0 Å². The van der Waals surface area contributed by atoms with E-state index < -0.39 is 0 Å². The first-order valence-electron chi connectivity index (χ1n) is 5.43. The molecule has 1 unspecified atom stereocenters. The first-order valence-corrected chi connectivity index (χ1v) is 5.43. The van der Waals surface area contributed by atoms with Crippen LogP contribution in [-0.2, 0) is 4.74 Å². The quantitative estimate of drug-likeness (QED) is 0.813. The van der Waals surface area contributed by atoms with Gasteiger partial charge in [-0.2, -0.15) is 0 Å². The largest absolute Gasteiger partial charge is 0.468 e. The van der Waals surface area contributed by atoms with E-state index >= 15 is 0 Å². The van der Waals surface area contributed by atoms with Crippen molar-refractivity contribution in [2.45, 2.75) is 39.3 Å². The highest BCUT2D eigenvalue weighted by Crippen LogP contribution is 2.17. The molecule has 0 saturated heterocycles. The van der Waals surface area contributed by atoms with Crippen molar-refractivity contribution in [2.75, 3.05) is 13.2 Å². The minimum atomic E-state index is -0.111. The van der Waals surface area contributed by atoms with Crippen molar-refractivity contribution in [3.63, 3.8) is 0 Å². The molecule has 0 saturated carbocycles. The molecule has 1 N–H and O–H groups in total. The normalized spacial score (nSPS) is 14.1. The van der Waals surface area contributed by atoms with Crippen molar-refractivity contribution >= 4 is 0 Å². The predicted molar refractivity (Wildman–Crippen MR) is 60.8 cm³/mol. The maximum Gasteiger partial charge on any atom is 0.123 e. The first-order chi connectivity index (χ1) is 7.03. The fourth-order valence-corrected chi connectivity index (χ4v) is 1.31. The van der Waals surface area contributed by atoms with Gasteiger partial charge in [0.25, 0.3) is 0 Å². The summed E-state index contributed by atoms with van der Waals surface area (Å²) < 4.78 is 11.1. The van der Waals surface area contributed by atoms with Crippen LogP contribution in [0.25, 0.3) is 0 Å². The number of likely N-dealkylation sites (N-methyl/N-ethyl adjacent to an activating group) is 1. The monoisotopic (exact) mass is 211 g/mol. The molecule has 0 aliphatic carbocycles. The molecule has 0 aliphatic heterocycles. The Hall–Kier alpha value is -0.800. The van der Waals surface area contributed by atoms with Crippen LogP contribution in [0.5, 0.6) is 0 Å². The number of hydrogen-bond donors (Lipinski definition) is 1. The highest BCUT2D eigenvalue weighted by atomic mass is 16.5. The number of rotatable bonds is 5. The molecule has 15 heavy (non-hydrogen) atoms. The molecule has 0 radical (unpaired) electrons. The summed E-state index contributed by atoms with van der Waals surface area (Å²) in [5, 5.41) is 3.34. The van der Waals surface area contributed by atoms with Crippen LogP contribution >= 0.6 is 0 Å². The van der Waals surface area contributed by atoms with E-state index in [0.29, 0.717) is 6.61 Å². The molecular weight excluding hydrogens is 190 g/mol. The molecule has 0 spiro atoms. The van der Waals surface area contributed by atoms with Gasteiger partial charge in [0.05, 0.1) is 24.5 Å². The molecule has 0 fully saturated rings. The lowest BCUT2D eigenvalue weighted by molar-refractivity contribution is -0.0170. The van der Waals surface area contributed by atoms with Crippen LogP contribution in [-0.4, -0.2) is 18.8 Å². The topological polar surface area (TPSA) is 34.4 Å². The van der Waals surface area contributed by atoms with Crippen LogP contribution in [0.1, 0.15) is 39.5 Å². The van der Waals surface area contributed by atoms with Gasteiger partial charge in [-0.3, -0.25) is 0 Å². The van der Waals surface area contributed by atoms with Crippen molar-refractivity contribution in [1.29, 1.82) is 0 Å². The summed E-state index contributed by atoms with van der Waals surface area (Å²) in [7, 11) is 0. The smallest absolute Gasteiger partial charge is 0.123 e. The molecule has 0 aromatic carbocycles. The lowest BCUT2D eigenvalue weighted by Gasteiger charge is -2.23. The van der Waals surface area contributed by atoms with E-state index in [2.05, 4.69) is 33.0 Å². The van der Waals surface area contributed by atoms with Gasteiger partial charge in [-0.25, -0.2) is 0 Å². The second-order valence-corrected chi connectivity index (χ2v) is 4.55. The van der Waals surface area contributed by atoms with Crippen LogP contribution in [0.2, 0.25) is 0 Å². The molecule has 86 valence electrons. The number of furan rings is 1. The second kappa shape index (κ2) is 5.33. The Kier molecular flexibility index (Phi) is 4.36. The summed E-state index contributed by atoms with van der Waals surface area (Å²) in [5.41, 5.74) is -0.111. The van der Waals surface area contributed by atoms with Crippen LogP contribution in [0.3, 0.4) is 0 Å². The van der Waals surface area contributed by atoms with Gasteiger partial charge in [0, 0.05) is 0 Å². The molecule has 0 amide bonds. The molecule has 1 aromatic heterocycles. The third-order valence-electron chi connectivity index (χ3n) is 2.02. The number of nitrogens with one attached hydrogen (secondary N) is 1. The summed E-state index contributed by atoms with van der Waals surface area (Å²) in [6.45, 7) is 9.77. The Morgan fingerprint density at radius 3 is 2.67 bits per heavy atom. The van der Waals surface area contributed by atoms with E-state index in [9.17, 15) is 0 Å². The first kappa shape index (κ1) is 12.3. The van der Waals surface area contributed by atoms with E-state index in [4.69, 9.17) is 9.15 Å². The minimum absolute atomic E-state index is 0.111. The Bertz CT molecular complexity index is 262. The zero-order valence-corrected chi connectivity index (χ0v) is 10.0. The van der Waals surface area contributed by atoms with Gasteiger partial charge in [0.15, 0.2) is 0 Å². The summed E-state index contributed by atoms with van der Waals surface area (Å²) in [5.74, 6) is 0.932. The van der Waals surface area contributed by atoms with E-state index in [1.165, 1.54) is 0 Å². The van der Waals surface area contributed by atoms with E-state index in [1.807, 2.05) is 12.1 Å². The van der Waals surface area contributed by atoms with Gasteiger partial charge >= 0.3 is 0 Å². The lowest BCUT2D eigenvalue weighted by Crippen LogP contribution is -2.30. The molecule has 1 aromatic rings. The molecule has 0 aliphatic rings. The third-order valence-corrected chi connectivity index (χ3v) is 2.02. The SMILES string of the molecule is CCNC(COC(C)(C)C)c1ccco1. The van der Waals surface area contributed by atoms with Gasteiger partial charge in [-0.05, 0) is 39.4 Å². The average molecular weight is 211 g/mol. The lowest BCUT2D eigenvalue weighted by atomic mass is 10.2. The highest BCUT2D eigenvalue weighted by molar-refractivity contribution is 5.04. The Morgan fingerprint density at radius 2 is 2.20 bits per heavy atom. The third kappa shape index (κ3) is 4.49. The highest BCUT2D eigenvalue weighted by Gasteiger charge is 2.17. The van der Waals surface area contributed by atoms with E-state index in [-0.39, 0.29) is 11.6 Å². The molecule has 3 heteroatoms. The van der Waals surface area contributed by atoms with Gasteiger partial charge < -0.3 is 14.5 Å². The fourth-order valence-electron chi connectivity index (χ4n) is 1.31. The summed E-state index contributed by atoms with van der Waals surface area (Å²) >= 11 is 0. The standard InChI is InChI=1S/C12H21NO2/c1-5-13-10(9-15-12(2,3)4)11-7-6-8-14-11/h6-8,10,13H,5,9H2,1-4H3. The minimum Gasteiger partial charge on any atom is -0.468 e. The molecular formula is C12H21NO2. The van der Waals surface area contributed by atoms with E-state index in [1.54, 1.807) is 6.26 Å². The van der Waals surface area contributed by atoms with Crippen LogP contribution < -0.4 is 5.32 Å². The Morgan fingerprint density at radius 1 is 1.47 bits per heavy atom. The second-order valence-electron chi connectivity index (χ2n) is 4.55. The zero-order valence-electron chi connectivity index (χ0n) is 10.0.